The number of hydrogen-bond acceptors (Lipinski definition) is 4. The summed E-state index contributed by atoms with van der Waals surface area (Å²) in [6, 6.07) is 6.86. The van der Waals surface area contributed by atoms with Crippen LogP contribution in [-0.2, 0) is 11.2 Å². The van der Waals surface area contributed by atoms with E-state index in [0.717, 1.165) is 11.3 Å². The molecule has 0 saturated carbocycles. The van der Waals surface area contributed by atoms with E-state index in [1.165, 1.54) is 0 Å². The third-order valence-electron chi connectivity index (χ3n) is 4.52. The second-order valence-corrected chi connectivity index (χ2v) is 6.60. The predicted octanol–water partition coefficient (Wildman–Crippen LogP) is 2.47. The number of benzene rings is 1. The molecule has 1 fully saturated rings. The van der Waals surface area contributed by atoms with Gasteiger partial charge < -0.3 is 14.3 Å². The second kappa shape index (κ2) is 7.27. The monoisotopic (exact) mass is 361 g/mol. The van der Waals surface area contributed by atoms with Gasteiger partial charge in [-0.15, -0.1) is 0 Å². The Morgan fingerprint density at radius 2 is 1.68 bits per heavy atom. The van der Waals surface area contributed by atoms with Gasteiger partial charge >= 0.3 is 0 Å². The fourth-order valence-corrected chi connectivity index (χ4v) is 3.08. The van der Waals surface area contributed by atoms with E-state index < -0.39 is 0 Å². The number of aryl methyl sites for hydroxylation is 2. The smallest absolute Gasteiger partial charge is 0.253 e. The van der Waals surface area contributed by atoms with Gasteiger partial charge in [-0.1, -0.05) is 16.8 Å². The van der Waals surface area contributed by atoms with Crippen LogP contribution in [-0.4, -0.2) is 52.9 Å². The van der Waals surface area contributed by atoms with Gasteiger partial charge in [0.1, 0.15) is 5.76 Å². The van der Waals surface area contributed by atoms with E-state index in [0.29, 0.717) is 42.5 Å². The van der Waals surface area contributed by atoms with Crippen molar-refractivity contribution in [3.8, 4) is 0 Å². The van der Waals surface area contributed by atoms with Gasteiger partial charge in [0.2, 0.25) is 5.91 Å². The first kappa shape index (κ1) is 17.5. The van der Waals surface area contributed by atoms with E-state index in [1.807, 2.05) is 13.8 Å². The third kappa shape index (κ3) is 3.85. The van der Waals surface area contributed by atoms with Crippen LogP contribution in [0.3, 0.4) is 0 Å². The van der Waals surface area contributed by atoms with Crippen LogP contribution in [0.15, 0.2) is 28.8 Å². The second-order valence-electron chi connectivity index (χ2n) is 6.16. The van der Waals surface area contributed by atoms with Crippen LogP contribution in [0.4, 0.5) is 0 Å². The Balaban J connectivity index is 1.57. The summed E-state index contributed by atoms with van der Waals surface area (Å²) in [6.07, 6.45) is 0.284. The highest BCUT2D eigenvalue weighted by Gasteiger charge is 2.26. The molecule has 2 amide bonds. The maximum atomic E-state index is 12.5. The molecule has 132 valence electrons. The molecule has 0 radical (unpaired) electrons. The first-order valence-corrected chi connectivity index (χ1v) is 8.58. The van der Waals surface area contributed by atoms with Crippen LogP contribution in [0.2, 0.25) is 5.02 Å². The lowest BCUT2D eigenvalue weighted by atomic mass is 10.1. The lowest BCUT2D eigenvalue weighted by molar-refractivity contribution is -0.131. The number of aromatic nitrogens is 1. The molecule has 1 saturated heterocycles. The minimum absolute atomic E-state index is 0.0329. The lowest BCUT2D eigenvalue weighted by Crippen LogP contribution is -2.51. The Hall–Kier alpha value is -2.34. The van der Waals surface area contributed by atoms with Gasteiger partial charge in [-0.05, 0) is 38.1 Å². The van der Waals surface area contributed by atoms with E-state index in [9.17, 15) is 9.59 Å². The number of carbonyl (C=O) groups is 2. The Morgan fingerprint density at radius 3 is 2.24 bits per heavy atom. The van der Waals surface area contributed by atoms with E-state index in [-0.39, 0.29) is 18.2 Å². The highest BCUT2D eigenvalue weighted by molar-refractivity contribution is 6.30. The summed E-state index contributed by atoms with van der Waals surface area (Å²) >= 11 is 5.86. The molecule has 2 aromatic rings. The van der Waals surface area contributed by atoms with Gasteiger partial charge in [0, 0.05) is 42.3 Å². The topological polar surface area (TPSA) is 66.7 Å². The number of rotatable bonds is 3. The van der Waals surface area contributed by atoms with Crippen molar-refractivity contribution in [3.05, 3.63) is 51.9 Å². The van der Waals surface area contributed by atoms with E-state index in [1.54, 1.807) is 34.1 Å². The standard InChI is InChI=1S/C18H20ClN3O3/c1-12-16(13(2)25-20-12)11-17(23)21-7-9-22(10-8-21)18(24)14-3-5-15(19)6-4-14/h3-6H,7-11H2,1-2H3. The summed E-state index contributed by atoms with van der Waals surface area (Å²) in [5, 5.41) is 4.48. The van der Waals surface area contributed by atoms with Gasteiger partial charge in [0.15, 0.2) is 0 Å². The minimum Gasteiger partial charge on any atom is -0.361 e. The zero-order valence-corrected chi connectivity index (χ0v) is 15.0. The van der Waals surface area contributed by atoms with E-state index in [4.69, 9.17) is 16.1 Å². The maximum absolute atomic E-state index is 12.5. The quantitative estimate of drug-likeness (QED) is 0.842. The number of piperazine rings is 1. The largest absolute Gasteiger partial charge is 0.361 e. The molecule has 0 atom stereocenters. The summed E-state index contributed by atoms with van der Waals surface area (Å²) in [6.45, 7) is 5.75. The number of nitrogens with zero attached hydrogens (tertiary/aromatic N) is 3. The average Bonchev–Trinajstić information content (AvgIpc) is 2.94. The molecule has 6 nitrogen and oxygen atoms in total. The molecule has 0 aliphatic carbocycles. The highest BCUT2D eigenvalue weighted by Crippen LogP contribution is 2.16. The fraction of sp³-hybridized carbons (Fsp3) is 0.389. The molecule has 1 aliphatic heterocycles. The van der Waals surface area contributed by atoms with Crippen LogP contribution in [0.5, 0.6) is 0 Å². The first-order chi connectivity index (χ1) is 12.0. The molecule has 25 heavy (non-hydrogen) atoms. The normalized spacial score (nSPS) is 14.7. The van der Waals surface area contributed by atoms with Crippen molar-refractivity contribution in [2.75, 3.05) is 26.2 Å². The Kier molecular flexibility index (Phi) is 5.08. The van der Waals surface area contributed by atoms with Crippen molar-refractivity contribution in [3.63, 3.8) is 0 Å². The number of halogens is 1. The molecule has 0 spiro atoms. The molecular formula is C18H20ClN3O3. The SMILES string of the molecule is Cc1noc(C)c1CC(=O)N1CCN(C(=O)c2ccc(Cl)cc2)CC1. The molecule has 1 aromatic carbocycles. The van der Waals surface area contributed by atoms with Gasteiger partial charge in [-0.2, -0.15) is 0 Å². The third-order valence-corrected chi connectivity index (χ3v) is 4.77. The fourth-order valence-electron chi connectivity index (χ4n) is 2.95. The molecule has 1 aromatic heterocycles. The van der Waals surface area contributed by atoms with E-state index in [2.05, 4.69) is 5.16 Å². The van der Waals surface area contributed by atoms with Crippen molar-refractivity contribution < 1.29 is 14.1 Å². The van der Waals surface area contributed by atoms with E-state index >= 15 is 0 Å². The lowest BCUT2D eigenvalue weighted by Gasteiger charge is -2.35. The van der Waals surface area contributed by atoms with Gasteiger partial charge in [0.25, 0.3) is 5.91 Å². The van der Waals surface area contributed by atoms with Crippen molar-refractivity contribution in [1.82, 2.24) is 15.0 Å². The number of hydrogen-bond donors (Lipinski definition) is 0. The number of carbonyl (C=O) groups excluding carboxylic acids is 2. The molecule has 1 aliphatic rings. The Morgan fingerprint density at radius 1 is 1.08 bits per heavy atom. The summed E-state index contributed by atoms with van der Waals surface area (Å²) < 4.78 is 5.11. The van der Waals surface area contributed by atoms with Crippen molar-refractivity contribution in [2.24, 2.45) is 0 Å². The van der Waals surface area contributed by atoms with Crippen LogP contribution in [0, 0.1) is 13.8 Å². The summed E-state index contributed by atoms with van der Waals surface area (Å²) in [4.78, 5) is 28.5. The van der Waals surface area contributed by atoms with Crippen LogP contribution < -0.4 is 0 Å². The molecule has 3 rings (SSSR count). The molecule has 0 bridgehead atoms. The van der Waals surface area contributed by atoms with Crippen molar-refractivity contribution >= 4 is 23.4 Å². The Bertz CT molecular complexity index is 758. The minimum atomic E-state index is -0.0329. The molecular weight excluding hydrogens is 342 g/mol. The van der Waals surface area contributed by atoms with Crippen LogP contribution in [0.1, 0.15) is 27.4 Å². The van der Waals surface area contributed by atoms with Gasteiger partial charge in [-0.3, -0.25) is 9.59 Å². The predicted molar refractivity (Wildman–Crippen MR) is 93.6 cm³/mol. The Labute approximate surface area is 151 Å². The van der Waals surface area contributed by atoms with Crippen LogP contribution >= 0.6 is 11.6 Å². The number of amides is 2. The first-order valence-electron chi connectivity index (χ1n) is 8.20. The average molecular weight is 362 g/mol. The maximum Gasteiger partial charge on any atom is 0.253 e. The molecule has 2 heterocycles. The van der Waals surface area contributed by atoms with Crippen molar-refractivity contribution in [2.45, 2.75) is 20.3 Å². The van der Waals surface area contributed by atoms with Gasteiger partial charge in [0.05, 0.1) is 12.1 Å². The zero-order chi connectivity index (χ0) is 18.0. The highest BCUT2D eigenvalue weighted by atomic mass is 35.5. The van der Waals surface area contributed by atoms with Crippen LogP contribution in [0.25, 0.3) is 0 Å². The summed E-state index contributed by atoms with van der Waals surface area (Å²) in [7, 11) is 0. The zero-order valence-electron chi connectivity index (χ0n) is 14.3. The molecule has 0 N–H and O–H groups in total. The molecule has 0 unspecified atom stereocenters. The van der Waals surface area contributed by atoms with Crippen molar-refractivity contribution in [1.29, 1.82) is 0 Å². The molecule has 7 heteroatoms. The summed E-state index contributed by atoms with van der Waals surface area (Å²) in [5.41, 5.74) is 2.21. The van der Waals surface area contributed by atoms with Gasteiger partial charge in [-0.25, -0.2) is 0 Å². The summed E-state index contributed by atoms with van der Waals surface area (Å²) in [5.74, 6) is 0.685.